The second-order valence-corrected chi connectivity index (χ2v) is 2.08. The van der Waals surface area contributed by atoms with Gasteiger partial charge in [-0.1, -0.05) is 25.5 Å². The first kappa shape index (κ1) is 9.66. The first-order chi connectivity index (χ1) is 4.91. The molecule has 0 radical (unpaired) electrons. The minimum Gasteiger partial charge on any atom is -0.392 e. The van der Waals surface area contributed by atoms with Crippen molar-refractivity contribution in [3.63, 3.8) is 0 Å². The third kappa shape index (κ3) is 7.66. The Hall–Kier alpha value is -0.340. The summed E-state index contributed by atoms with van der Waals surface area (Å²) < 4.78 is 5.18. The first-order valence-electron chi connectivity index (χ1n) is 3.75. The number of rotatable bonds is 6. The summed E-state index contributed by atoms with van der Waals surface area (Å²) in [6.45, 7) is 3.69. The summed E-state index contributed by atoms with van der Waals surface area (Å²) in [7, 11) is 0. The van der Waals surface area contributed by atoms with Crippen LogP contribution in [-0.4, -0.2) is 24.9 Å². The molecule has 0 saturated carbocycles. The maximum absolute atomic E-state index is 8.33. The van der Waals surface area contributed by atoms with E-state index in [4.69, 9.17) is 9.84 Å². The standard InChI is InChI=1S/C8H16O2/c1-2-3-7-10-8-5-4-6-9/h4-5,9H,2-3,6-8H2,1H3. The lowest BCUT2D eigenvalue weighted by atomic mass is 10.4. The van der Waals surface area contributed by atoms with Crippen molar-refractivity contribution in [1.82, 2.24) is 0 Å². The van der Waals surface area contributed by atoms with Crippen molar-refractivity contribution in [3.8, 4) is 0 Å². The molecule has 2 nitrogen and oxygen atoms in total. The smallest absolute Gasteiger partial charge is 0.0648 e. The van der Waals surface area contributed by atoms with Gasteiger partial charge >= 0.3 is 0 Å². The second-order valence-electron chi connectivity index (χ2n) is 2.08. The van der Waals surface area contributed by atoms with E-state index in [0.717, 1.165) is 13.0 Å². The molecule has 1 N–H and O–H groups in total. The van der Waals surface area contributed by atoms with Gasteiger partial charge in [0.25, 0.3) is 0 Å². The van der Waals surface area contributed by atoms with Gasteiger partial charge in [-0.2, -0.15) is 0 Å². The predicted molar refractivity (Wildman–Crippen MR) is 42.0 cm³/mol. The Balaban J connectivity index is 2.83. The Labute approximate surface area is 62.5 Å². The van der Waals surface area contributed by atoms with Crippen LogP contribution < -0.4 is 0 Å². The van der Waals surface area contributed by atoms with Crippen LogP contribution in [0, 0.1) is 0 Å². The van der Waals surface area contributed by atoms with Gasteiger partial charge in [0.2, 0.25) is 0 Å². The van der Waals surface area contributed by atoms with Gasteiger partial charge in [-0.3, -0.25) is 0 Å². The molecule has 0 bridgehead atoms. The predicted octanol–water partition coefficient (Wildman–Crippen LogP) is 1.35. The highest BCUT2D eigenvalue weighted by atomic mass is 16.5. The third-order valence-electron chi connectivity index (χ3n) is 1.13. The van der Waals surface area contributed by atoms with Gasteiger partial charge < -0.3 is 9.84 Å². The van der Waals surface area contributed by atoms with E-state index in [0.29, 0.717) is 6.61 Å². The van der Waals surface area contributed by atoms with Gasteiger partial charge in [0.15, 0.2) is 0 Å². The highest BCUT2D eigenvalue weighted by Crippen LogP contribution is 1.87. The fraction of sp³-hybridized carbons (Fsp3) is 0.750. The lowest BCUT2D eigenvalue weighted by Crippen LogP contribution is -1.93. The summed E-state index contributed by atoms with van der Waals surface area (Å²) in [5, 5.41) is 8.33. The minimum absolute atomic E-state index is 0.108. The molecule has 0 aliphatic carbocycles. The topological polar surface area (TPSA) is 29.5 Å². The summed E-state index contributed by atoms with van der Waals surface area (Å²) >= 11 is 0. The van der Waals surface area contributed by atoms with E-state index in [-0.39, 0.29) is 6.61 Å². The van der Waals surface area contributed by atoms with E-state index in [1.807, 2.05) is 6.08 Å². The fourth-order valence-corrected chi connectivity index (χ4v) is 0.540. The Morgan fingerprint density at radius 2 is 2.20 bits per heavy atom. The maximum Gasteiger partial charge on any atom is 0.0648 e. The summed E-state index contributed by atoms with van der Waals surface area (Å²) in [5.74, 6) is 0. The van der Waals surface area contributed by atoms with E-state index >= 15 is 0 Å². The van der Waals surface area contributed by atoms with Crippen molar-refractivity contribution in [2.75, 3.05) is 19.8 Å². The van der Waals surface area contributed by atoms with Crippen LogP contribution in [0.25, 0.3) is 0 Å². The lowest BCUT2D eigenvalue weighted by molar-refractivity contribution is 0.158. The van der Waals surface area contributed by atoms with Gasteiger partial charge in [-0.05, 0) is 6.42 Å². The van der Waals surface area contributed by atoms with Crippen molar-refractivity contribution in [1.29, 1.82) is 0 Å². The summed E-state index contributed by atoms with van der Waals surface area (Å²) in [6.07, 6.45) is 5.80. The van der Waals surface area contributed by atoms with Gasteiger partial charge in [0.05, 0.1) is 13.2 Å². The SMILES string of the molecule is CCCCOCC=CCO. The maximum atomic E-state index is 8.33. The van der Waals surface area contributed by atoms with Gasteiger partial charge in [-0.25, -0.2) is 0 Å². The van der Waals surface area contributed by atoms with Gasteiger partial charge in [-0.15, -0.1) is 0 Å². The number of hydrogen-bond donors (Lipinski definition) is 1. The monoisotopic (exact) mass is 144 g/mol. The lowest BCUT2D eigenvalue weighted by Gasteiger charge is -1.96. The fourth-order valence-electron chi connectivity index (χ4n) is 0.540. The van der Waals surface area contributed by atoms with Crippen LogP contribution in [0.15, 0.2) is 12.2 Å². The highest BCUT2D eigenvalue weighted by Gasteiger charge is 1.81. The quantitative estimate of drug-likeness (QED) is 0.450. The normalized spacial score (nSPS) is 11.0. The molecule has 0 atom stereocenters. The van der Waals surface area contributed by atoms with Crippen molar-refractivity contribution < 1.29 is 9.84 Å². The van der Waals surface area contributed by atoms with Crippen LogP contribution >= 0.6 is 0 Å². The average Bonchev–Trinajstić information content (AvgIpc) is 1.97. The van der Waals surface area contributed by atoms with E-state index < -0.39 is 0 Å². The van der Waals surface area contributed by atoms with Crippen LogP contribution in [0.4, 0.5) is 0 Å². The summed E-state index contributed by atoms with van der Waals surface area (Å²) in [6, 6.07) is 0. The first-order valence-corrected chi connectivity index (χ1v) is 3.75. The van der Waals surface area contributed by atoms with Gasteiger partial charge in [0.1, 0.15) is 0 Å². The molecule has 0 rings (SSSR count). The molecule has 0 fully saturated rings. The van der Waals surface area contributed by atoms with Crippen molar-refractivity contribution in [2.24, 2.45) is 0 Å². The van der Waals surface area contributed by atoms with E-state index in [1.54, 1.807) is 6.08 Å². The van der Waals surface area contributed by atoms with E-state index in [2.05, 4.69) is 6.92 Å². The van der Waals surface area contributed by atoms with Crippen LogP contribution in [0.2, 0.25) is 0 Å². The molecule has 0 aliphatic rings. The molecule has 0 aliphatic heterocycles. The minimum atomic E-state index is 0.108. The molecule has 0 amide bonds. The molecule has 0 heterocycles. The molecular weight excluding hydrogens is 128 g/mol. The molecule has 10 heavy (non-hydrogen) atoms. The van der Waals surface area contributed by atoms with Crippen molar-refractivity contribution in [3.05, 3.63) is 12.2 Å². The Morgan fingerprint density at radius 3 is 2.80 bits per heavy atom. The van der Waals surface area contributed by atoms with Crippen LogP contribution in [0.1, 0.15) is 19.8 Å². The Kier molecular flexibility index (Phi) is 8.37. The largest absolute Gasteiger partial charge is 0.392 e. The van der Waals surface area contributed by atoms with Crippen LogP contribution in [-0.2, 0) is 4.74 Å². The van der Waals surface area contributed by atoms with E-state index in [9.17, 15) is 0 Å². The second kappa shape index (κ2) is 8.66. The third-order valence-corrected chi connectivity index (χ3v) is 1.13. The molecule has 2 heteroatoms. The number of ether oxygens (including phenoxy) is 1. The zero-order valence-corrected chi connectivity index (χ0v) is 6.55. The molecule has 0 saturated heterocycles. The average molecular weight is 144 g/mol. The van der Waals surface area contributed by atoms with E-state index in [1.165, 1.54) is 6.42 Å². The zero-order chi connectivity index (χ0) is 7.66. The molecule has 0 aromatic rings. The highest BCUT2D eigenvalue weighted by molar-refractivity contribution is 4.79. The summed E-state index contributed by atoms with van der Waals surface area (Å²) in [5.41, 5.74) is 0. The number of aliphatic hydroxyl groups is 1. The Morgan fingerprint density at radius 1 is 1.40 bits per heavy atom. The summed E-state index contributed by atoms with van der Waals surface area (Å²) in [4.78, 5) is 0. The molecule has 0 unspecified atom stereocenters. The molecule has 60 valence electrons. The molecular formula is C8H16O2. The van der Waals surface area contributed by atoms with Crippen molar-refractivity contribution >= 4 is 0 Å². The zero-order valence-electron chi connectivity index (χ0n) is 6.55. The van der Waals surface area contributed by atoms with Gasteiger partial charge in [0, 0.05) is 6.61 Å². The molecule has 0 aromatic carbocycles. The number of hydrogen-bond acceptors (Lipinski definition) is 2. The number of unbranched alkanes of at least 4 members (excludes halogenated alkanes) is 1. The Bertz CT molecular complexity index is 79.3. The van der Waals surface area contributed by atoms with Crippen LogP contribution in [0.3, 0.4) is 0 Å². The number of aliphatic hydroxyl groups excluding tert-OH is 1. The molecule has 0 aromatic heterocycles. The van der Waals surface area contributed by atoms with Crippen LogP contribution in [0.5, 0.6) is 0 Å². The van der Waals surface area contributed by atoms with Crippen molar-refractivity contribution in [2.45, 2.75) is 19.8 Å². The molecule has 0 spiro atoms.